The van der Waals surface area contributed by atoms with Crippen LogP contribution in [0.1, 0.15) is 23.2 Å². The van der Waals surface area contributed by atoms with E-state index in [2.05, 4.69) is 4.67 Å². The summed E-state index contributed by atoms with van der Waals surface area (Å²) in [6.07, 6.45) is 2.39. The Morgan fingerprint density at radius 1 is 1.21 bits per heavy atom. The standard InChI is InChI=1S/C13H18NO2PS2/c15-13(12-6-2-1-3-7-12)18-10-11-19-17(16)14-8-4-5-9-14/h1-3,6-7,16H,4-5,8-11H2. The second kappa shape index (κ2) is 8.28. The monoisotopic (exact) mass is 315 g/mol. The normalized spacial score (nSPS) is 17.5. The molecule has 3 nitrogen and oxygen atoms in total. The van der Waals surface area contributed by atoms with Gasteiger partial charge in [0.05, 0.1) is 0 Å². The van der Waals surface area contributed by atoms with Crippen LogP contribution in [0.25, 0.3) is 0 Å². The van der Waals surface area contributed by atoms with Gasteiger partial charge >= 0.3 is 0 Å². The molecule has 0 amide bonds. The van der Waals surface area contributed by atoms with Gasteiger partial charge in [-0.05, 0) is 12.8 Å². The minimum atomic E-state index is -1.04. The van der Waals surface area contributed by atoms with Crippen LogP contribution in [-0.4, -0.2) is 39.3 Å². The minimum absolute atomic E-state index is 0.115. The van der Waals surface area contributed by atoms with Crippen LogP contribution in [0.5, 0.6) is 0 Å². The zero-order valence-electron chi connectivity index (χ0n) is 10.7. The van der Waals surface area contributed by atoms with E-state index in [-0.39, 0.29) is 5.12 Å². The highest BCUT2D eigenvalue weighted by atomic mass is 32.7. The van der Waals surface area contributed by atoms with Crippen molar-refractivity contribution in [2.24, 2.45) is 0 Å². The van der Waals surface area contributed by atoms with Crippen LogP contribution in [0.4, 0.5) is 0 Å². The van der Waals surface area contributed by atoms with Gasteiger partial charge in [-0.1, -0.05) is 53.5 Å². The predicted molar refractivity (Wildman–Crippen MR) is 85.6 cm³/mol. The molecule has 1 aromatic carbocycles. The fourth-order valence-electron chi connectivity index (χ4n) is 1.86. The van der Waals surface area contributed by atoms with Gasteiger partial charge in [0.2, 0.25) is 5.12 Å². The Kier molecular flexibility index (Phi) is 6.68. The van der Waals surface area contributed by atoms with Crippen molar-refractivity contribution in [1.29, 1.82) is 0 Å². The van der Waals surface area contributed by atoms with Gasteiger partial charge in [0.1, 0.15) is 0 Å². The van der Waals surface area contributed by atoms with Crippen molar-refractivity contribution in [1.82, 2.24) is 4.67 Å². The molecule has 1 heterocycles. The van der Waals surface area contributed by atoms with Gasteiger partial charge in [-0.15, -0.1) is 0 Å². The highest BCUT2D eigenvalue weighted by Gasteiger charge is 2.20. The molecule has 1 aliphatic heterocycles. The number of thioether (sulfide) groups is 1. The first-order valence-corrected chi connectivity index (χ1v) is 10.2. The molecule has 19 heavy (non-hydrogen) atoms. The summed E-state index contributed by atoms with van der Waals surface area (Å²) in [4.78, 5) is 21.8. The fourth-order valence-corrected chi connectivity index (χ4v) is 6.08. The summed E-state index contributed by atoms with van der Waals surface area (Å²) in [6.45, 7) is 2.04. The van der Waals surface area contributed by atoms with Gasteiger partial charge in [0.25, 0.3) is 0 Å². The summed E-state index contributed by atoms with van der Waals surface area (Å²) in [6, 6.07) is 9.34. The van der Waals surface area contributed by atoms with Crippen molar-refractivity contribution in [2.75, 3.05) is 24.6 Å². The Bertz CT molecular complexity index is 399. The fraction of sp³-hybridized carbons (Fsp3) is 0.462. The summed E-state index contributed by atoms with van der Waals surface area (Å²) in [7, 11) is -1.04. The van der Waals surface area contributed by atoms with E-state index in [1.807, 2.05) is 30.3 Å². The molecule has 0 radical (unpaired) electrons. The molecule has 1 N–H and O–H groups in total. The molecule has 1 atom stereocenters. The van der Waals surface area contributed by atoms with Gasteiger partial charge in [-0.25, -0.2) is 0 Å². The lowest BCUT2D eigenvalue weighted by atomic mass is 10.2. The highest BCUT2D eigenvalue weighted by Crippen LogP contribution is 2.50. The Morgan fingerprint density at radius 3 is 2.58 bits per heavy atom. The van der Waals surface area contributed by atoms with E-state index >= 15 is 0 Å². The first kappa shape index (κ1) is 15.3. The number of hydrogen-bond acceptors (Lipinski definition) is 5. The number of nitrogens with zero attached hydrogens (tertiary/aromatic N) is 1. The van der Waals surface area contributed by atoms with Gasteiger partial charge in [-0.3, -0.25) is 9.46 Å². The summed E-state index contributed by atoms with van der Waals surface area (Å²) < 4.78 is 2.16. The van der Waals surface area contributed by atoms with E-state index in [1.54, 1.807) is 11.4 Å². The lowest BCUT2D eigenvalue weighted by molar-refractivity contribution is 0.108. The second-order valence-electron chi connectivity index (χ2n) is 4.25. The molecular weight excluding hydrogens is 297 g/mol. The number of rotatable bonds is 6. The Hall–Kier alpha value is -0.0600. The molecule has 0 aliphatic carbocycles. The van der Waals surface area contributed by atoms with Crippen molar-refractivity contribution >= 4 is 35.8 Å². The smallest absolute Gasteiger partial charge is 0.219 e. The topological polar surface area (TPSA) is 40.5 Å². The molecule has 2 rings (SSSR count). The van der Waals surface area contributed by atoms with Crippen LogP contribution in [0.3, 0.4) is 0 Å². The molecule has 0 spiro atoms. The third-order valence-electron chi connectivity index (χ3n) is 2.86. The first-order chi connectivity index (χ1) is 9.27. The Labute approximate surface area is 123 Å². The second-order valence-corrected chi connectivity index (χ2v) is 8.81. The van der Waals surface area contributed by atoms with Crippen LogP contribution >= 0.6 is 30.6 Å². The van der Waals surface area contributed by atoms with Crippen LogP contribution < -0.4 is 0 Å². The van der Waals surface area contributed by atoms with Crippen LogP contribution in [-0.2, 0) is 0 Å². The SMILES string of the molecule is O=C(SCCSP(O)N1CCCC1)c1ccccc1. The maximum absolute atomic E-state index is 11.8. The van der Waals surface area contributed by atoms with Crippen molar-refractivity contribution in [3.8, 4) is 0 Å². The van der Waals surface area contributed by atoms with Crippen LogP contribution in [0.2, 0.25) is 0 Å². The van der Waals surface area contributed by atoms with E-state index in [0.717, 1.165) is 30.2 Å². The maximum atomic E-state index is 11.8. The molecule has 1 aromatic rings. The lowest BCUT2D eigenvalue weighted by Gasteiger charge is -2.19. The van der Waals surface area contributed by atoms with E-state index in [1.165, 1.54) is 24.6 Å². The van der Waals surface area contributed by atoms with Gasteiger partial charge in [-0.2, -0.15) is 0 Å². The van der Waals surface area contributed by atoms with Gasteiger partial charge < -0.3 is 4.89 Å². The van der Waals surface area contributed by atoms with E-state index in [9.17, 15) is 9.69 Å². The van der Waals surface area contributed by atoms with Crippen molar-refractivity contribution in [3.05, 3.63) is 35.9 Å². The molecule has 1 fully saturated rings. The lowest BCUT2D eigenvalue weighted by Crippen LogP contribution is -2.10. The molecule has 0 bridgehead atoms. The highest BCUT2D eigenvalue weighted by molar-refractivity contribution is 8.53. The molecule has 1 saturated heterocycles. The average Bonchev–Trinajstić information content (AvgIpc) is 2.98. The molecule has 1 aliphatic rings. The zero-order chi connectivity index (χ0) is 13.5. The van der Waals surface area contributed by atoms with Crippen LogP contribution in [0.15, 0.2) is 30.3 Å². The summed E-state index contributed by atoms with van der Waals surface area (Å²) in [5, 5.41) is 0.115. The molecule has 0 aromatic heterocycles. The third-order valence-corrected chi connectivity index (χ3v) is 7.46. The quantitative estimate of drug-likeness (QED) is 0.641. The zero-order valence-corrected chi connectivity index (χ0v) is 13.2. The molecule has 1 unspecified atom stereocenters. The van der Waals surface area contributed by atoms with E-state index < -0.39 is 7.50 Å². The van der Waals surface area contributed by atoms with E-state index in [0.29, 0.717) is 0 Å². The molecular formula is C13H18NO2PS2. The summed E-state index contributed by atoms with van der Waals surface area (Å²) in [5.41, 5.74) is 0.753. The Morgan fingerprint density at radius 2 is 1.89 bits per heavy atom. The first-order valence-electron chi connectivity index (χ1n) is 6.36. The number of carbonyl (C=O) groups excluding carboxylic acids is 1. The average molecular weight is 315 g/mol. The molecule has 0 saturated carbocycles. The van der Waals surface area contributed by atoms with Crippen molar-refractivity contribution < 1.29 is 9.69 Å². The summed E-state index contributed by atoms with van der Waals surface area (Å²) in [5.74, 6) is 1.58. The van der Waals surface area contributed by atoms with Crippen molar-refractivity contribution in [3.63, 3.8) is 0 Å². The molecule has 6 heteroatoms. The van der Waals surface area contributed by atoms with Crippen LogP contribution in [0, 0.1) is 0 Å². The number of hydrogen-bond donors (Lipinski definition) is 1. The van der Waals surface area contributed by atoms with Gasteiger partial charge in [0.15, 0.2) is 7.50 Å². The molecule has 104 valence electrons. The number of benzene rings is 1. The van der Waals surface area contributed by atoms with Gasteiger partial charge in [0, 0.05) is 30.2 Å². The maximum Gasteiger partial charge on any atom is 0.219 e. The Balaban J connectivity index is 1.62. The van der Waals surface area contributed by atoms with E-state index in [4.69, 9.17) is 0 Å². The summed E-state index contributed by atoms with van der Waals surface area (Å²) >= 11 is 2.92. The van der Waals surface area contributed by atoms with Crippen molar-refractivity contribution in [2.45, 2.75) is 12.8 Å². The predicted octanol–water partition coefficient (Wildman–Crippen LogP) is 3.61. The minimum Gasteiger partial charge on any atom is -0.351 e. The number of carbonyl (C=O) groups is 1. The largest absolute Gasteiger partial charge is 0.351 e. The third kappa shape index (κ3) is 5.09.